The minimum absolute atomic E-state index is 0. The summed E-state index contributed by atoms with van der Waals surface area (Å²) in [5.41, 5.74) is 6.62. The van der Waals surface area contributed by atoms with Gasteiger partial charge < -0.3 is 15.8 Å². The highest BCUT2D eigenvalue weighted by Gasteiger charge is 2.01. The van der Waals surface area contributed by atoms with Crippen molar-refractivity contribution in [1.82, 2.24) is 0 Å². The minimum atomic E-state index is 0. The van der Waals surface area contributed by atoms with Gasteiger partial charge in [0.1, 0.15) is 5.75 Å². The van der Waals surface area contributed by atoms with E-state index in [4.69, 9.17) is 10.5 Å². The van der Waals surface area contributed by atoms with Crippen LogP contribution in [0.3, 0.4) is 0 Å². The third kappa shape index (κ3) is 7.31. The molecule has 19 heavy (non-hydrogen) atoms. The number of halogens is 1. The van der Waals surface area contributed by atoms with Crippen molar-refractivity contribution >= 4 is 47.4 Å². The lowest BCUT2D eigenvalue weighted by Gasteiger charge is -2.09. The van der Waals surface area contributed by atoms with Gasteiger partial charge in [-0.25, -0.2) is 0 Å². The largest absolute Gasteiger partial charge is 0.495 e. The van der Waals surface area contributed by atoms with E-state index in [1.807, 2.05) is 30.3 Å². The molecule has 1 rings (SSSR count). The van der Waals surface area contributed by atoms with Gasteiger partial charge in [-0.15, -0.1) is 30.6 Å². The summed E-state index contributed by atoms with van der Waals surface area (Å²) in [6.45, 7) is 4.35. The SMILES string of the molecule is C=CCSCCN=C(N)Nc1ccccc1OC.I. The number of hydrogen-bond acceptors (Lipinski definition) is 3. The number of nitrogens with two attached hydrogens (primary N) is 1. The molecular weight excluding hydrogens is 373 g/mol. The molecule has 3 N–H and O–H groups in total. The second-order valence-electron chi connectivity index (χ2n) is 3.46. The second-order valence-corrected chi connectivity index (χ2v) is 4.61. The molecular formula is C13H20IN3OS. The second kappa shape index (κ2) is 11.0. The molecule has 0 aliphatic rings. The van der Waals surface area contributed by atoms with Crippen molar-refractivity contribution in [3.8, 4) is 5.75 Å². The van der Waals surface area contributed by atoms with E-state index in [0.717, 1.165) is 22.9 Å². The topological polar surface area (TPSA) is 59.6 Å². The predicted octanol–water partition coefficient (Wildman–Crippen LogP) is 2.96. The standard InChI is InChI=1S/C13H19N3OS.HI/c1-3-9-18-10-8-15-13(14)16-11-6-4-5-7-12(11)17-2;/h3-7H,1,8-10H2,2H3,(H3,14,15,16);1H. The molecule has 0 spiro atoms. The molecule has 1 aromatic carbocycles. The van der Waals surface area contributed by atoms with E-state index in [9.17, 15) is 0 Å². The number of para-hydroxylation sites is 2. The molecule has 4 nitrogen and oxygen atoms in total. The normalized spacial score (nSPS) is 10.5. The van der Waals surface area contributed by atoms with Gasteiger partial charge in [-0.05, 0) is 12.1 Å². The average Bonchev–Trinajstić information content (AvgIpc) is 2.39. The molecule has 0 saturated heterocycles. The zero-order valence-corrected chi connectivity index (χ0v) is 14.1. The van der Waals surface area contributed by atoms with Crippen LogP contribution >= 0.6 is 35.7 Å². The van der Waals surface area contributed by atoms with Crippen molar-refractivity contribution in [1.29, 1.82) is 0 Å². The van der Waals surface area contributed by atoms with Crippen molar-refractivity contribution in [2.45, 2.75) is 0 Å². The van der Waals surface area contributed by atoms with Gasteiger partial charge in [0.15, 0.2) is 5.96 Å². The Morgan fingerprint density at radius 3 is 2.95 bits per heavy atom. The Morgan fingerprint density at radius 2 is 2.26 bits per heavy atom. The summed E-state index contributed by atoms with van der Waals surface area (Å²) in [4.78, 5) is 4.24. The number of rotatable bonds is 7. The Morgan fingerprint density at radius 1 is 1.53 bits per heavy atom. The van der Waals surface area contributed by atoms with E-state index in [2.05, 4.69) is 16.9 Å². The Balaban J connectivity index is 0.00000324. The van der Waals surface area contributed by atoms with Gasteiger partial charge in [0, 0.05) is 11.5 Å². The van der Waals surface area contributed by atoms with E-state index in [0.29, 0.717) is 12.5 Å². The maximum absolute atomic E-state index is 5.80. The van der Waals surface area contributed by atoms with E-state index in [-0.39, 0.29) is 24.0 Å². The van der Waals surface area contributed by atoms with Gasteiger partial charge in [0.25, 0.3) is 0 Å². The molecule has 1 aromatic rings. The van der Waals surface area contributed by atoms with E-state index < -0.39 is 0 Å². The van der Waals surface area contributed by atoms with Crippen molar-refractivity contribution in [3.05, 3.63) is 36.9 Å². The van der Waals surface area contributed by atoms with Crippen molar-refractivity contribution < 1.29 is 4.74 Å². The van der Waals surface area contributed by atoms with Crippen LogP contribution in [-0.2, 0) is 0 Å². The van der Waals surface area contributed by atoms with E-state index in [1.54, 1.807) is 18.9 Å². The number of anilines is 1. The van der Waals surface area contributed by atoms with Gasteiger partial charge in [-0.1, -0.05) is 18.2 Å². The van der Waals surface area contributed by atoms with Crippen molar-refractivity contribution in [2.75, 3.05) is 30.5 Å². The van der Waals surface area contributed by atoms with Crippen LogP contribution in [-0.4, -0.2) is 31.1 Å². The molecule has 0 aliphatic heterocycles. The third-order valence-corrected chi connectivity index (χ3v) is 3.07. The Labute approximate surface area is 135 Å². The fourth-order valence-electron chi connectivity index (χ4n) is 1.32. The lowest BCUT2D eigenvalue weighted by Crippen LogP contribution is -2.23. The van der Waals surface area contributed by atoms with Crippen LogP contribution in [0.25, 0.3) is 0 Å². The smallest absolute Gasteiger partial charge is 0.193 e. The summed E-state index contributed by atoms with van der Waals surface area (Å²) in [6.07, 6.45) is 1.88. The lowest BCUT2D eigenvalue weighted by molar-refractivity contribution is 0.417. The van der Waals surface area contributed by atoms with Crippen LogP contribution in [0, 0.1) is 0 Å². The van der Waals surface area contributed by atoms with Crippen LogP contribution in [0.15, 0.2) is 41.9 Å². The third-order valence-electron chi connectivity index (χ3n) is 2.12. The first-order valence-corrected chi connectivity index (χ1v) is 6.82. The highest BCUT2D eigenvalue weighted by molar-refractivity contribution is 14.0. The van der Waals surface area contributed by atoms with Crippen LogP contribution in [0.5, 0.6) is 5.75 Å². The molecule has 0 saturated carbocycles. The highest BCUT2D eigenvalue weighted by Crippen LogP contribution is 2.22. The zero-order chi connectivity index (χ0) is 13.2. The van der Waals surface area contributed by atoms with Crippen LogP contribution < -0.4 is 15.8 Å². The fraction of sp³-hybridized carbons (Fsp3) is 0.308. The molecule has 0 heterocycles. The first-order chi connectivity index (χ1) is 8.77. The maximum atomic E-state index is 5.80. The number of nitrogens with zero attached hydrogens (tertiary/aromatic N) is 1. The zero-order valence-electron chi connectivity index (χ0n) is 11.0. The van der Waals surface area contributed by atoms with Crippen LogP contribution in [0.4, 0.5) is 5.69 Å². The summed E-state index contributed by atoms with van der Waals surface area (Å²) in [7, 11) is 1.62. The van der Waals surface area contributed by atoms with Crippen molar-refractivity contribution in [2.24, 2.45) is 10.7 Å². The summed E-state index contributed by atoms with van der Waals surface area (Å²) in [5, 5.41) is 3.03. The number of benzene rings is 1. The molecule has 0 amide bonds. The quantitative estimate of drug-likeness (QED) is 0.246. The van der Waals surface area contributed by atoms with Crippen molar-refractivity contribution in [3.63, 3.8) is 0 Å². The number of guanidine groups is 1. The summed E-state index contributed by atoms with van der Waals surface area (Å²) in [6, 6.07) is 7.59. The van der Waals surface area contributed by atoms with Crippen LogP contribution in [0.1, 0.15) is 0 Å². The molecule has 0 atom stereocenters. The first-order valence-electron chi connectivity index (χ1n) is 5.66. The molecule has 106 valence electrons. The number of methoxy groups -OCH3 is 1. The van der Waals surface area contributed by atoms with Gasteiger partial charge >= 0.3 is 0 Å². The molecule has 6 heteroatoms. The minimum Gasteiger partial charge on any atom is -0.495 e. The first kappa shape index (κ1) is 18.1. The average molecular weight is 393 g/mol. The Kier molecular flexibility index (Phi) is 10.5. The predicted molar refractivity (Wildman–Crippen MR) is 96.0 cm³/mol. The summed E-state index contributed by atoms with van der Waals surface area (Å²) in [5.74, 6) is 3.02. The van der Waals surface area contributed by atoms with Crippen LogP contribution in [0.2, 0.25) is 0 Å². The molecule has 0 fully saturated rings. The number of hydrogen-bond donors (Lipinski definition) is 2. The fourth-order valence-corrected chi connectivity index (χ4v) is 1.88. The Hall–Kier alpha value is -0.890. The maximum Gasteiger partial charge on any atom is 0.193 e. The van der Waals surface area contributed by atoms with Gasteiger partial charge in [0.2, 0.25) is 0 Å². The number of ether oxygens (including phenoxy) is 1. The molecule has 0 aromatic heterocycles. The lowest BCUT2D eigenvalue weighted by atomic mass is 10.3. The number of thioether (sulfide) groups is 1. The molecule has 0 bridgehead atoms. The molecule has 0 radical (unpaired) electrons. The van der Waals surface area contributed by atoms with E-state index >= 15 is 0 Å². The number of aliphatic imine (C=N–C) groups is 1. The summed E-state index contributed by atoms with van der Waals surface area (Å²) >= 11 is 1.78. The summed E-state index contributed by atoms with van der Waals surface area (Å²) < 4.78 is 5.22. The monoisotopic (exact) mass is 393 g/mol. The van der Waals surface area contributed by atoms with Gasteiger partial charge in [0.05, 0.1) is 19.3 Å². The van der Waals surface area contributed by atoms with Gasteiger partial charge in [-0.3, -0.25) is 4.99 Å². The highest BCUT2D eigenvalue weighted by atomic mass is 127. The van der Waals surface area contributed by atoms with E-state index in [1.165, 1.54) is 0 Å². The molecule has 0 aliphatic carbocycles. The molecule has 0 unspecified atom stereocenters. The Bertz CT molecular complexity index is 413. The number of nitrogens with one attached hydrogen (secondary N) is 1. The van der Waals surface area contributed by atoms with Gasteiger partial charge in [-0.2, -0.15) is 11.8 Å².